The predicted octanol–water partition coefficient (Wildman–Crippen LogP) is 6.09. The summed E-state index contributed by atoms with van der Waals surface area (Å²) in [5, 5.41) is 0.549. The number of ketones is 1. The summed E-state index contributed by atoms with van der Waals surface area (Å²) in [6.07, 6.45) is 3.30. The molecule has 3 aromatic carbocycles. The summed E-state index contributed by atoms with van der Waals surface area (Å²) in [5.74, 6) is -0.675. The summed E-state index contributed by atoms with van der Waals surface area (Å²) >= 11 is 6.28. The molecule has 6 heteroatoms. The van der Waals surface area contributed by atoms with Crippen LogP contribution in [0.25, 0.3) is 0 Å². The molecule has 37 heavy (non-hydrogen) atoms. The van der Waals surface area contributed by atoms with Gasteiger partial charge in [-0.2, -0.15) is 0 Å². The van der Waals surface area contributed by atoms with Crippen LogP contribution in [-0.2, 0) is 17.8 Å². The van der Waals surface area contributed by atoms with Gasteiger partial charge in [0.1, 0.15) is 24.9 Å². The zero-order valence-electron chi connectivity index (χ0n) is 20.8. The molecule has 4 nitrogen and oxygen atoms in total. The van der Waals surface area contributed by atoms with Crippen molar-refractivity contribution >= 4 is 23.3 Å². The van der Waals surface area contributed by atoms with Gasteiger partial charge in [-0.15, -0.1) is 0 Å². The Morgan fingerprint density at radius 3 is 2.54 bits per heavy atom. The van der Waals surface area contributed by atoms with Gasteiger partial charge < -0.3 is 9.38 Å². The lowest BCUT2D eigenvalue weighted by molar-refractivity contribution is -0.932. The number of benzene rings is 3. The molecular formula is C31H31ClFN2O2+. The molecule has 0 N–H and O–H groups in total. The Bertz CT molecular complexity index is 1350. The number of quaternary nitrogens is 1. The molecule has 0 aromatic heterocycles. The van der Waals surface area contributed by atoms with Crippen LogP contribution in [0.5, 0.6) is 0 Å². The van der Waals surface area contributed by atoms with Crippen LogP contribution >= 0.6 is 11.6 Å². The second-order valence-electron chi connectivity index (χ2n) is 10.9. The van der Waals surface area contributed by atoms with E-state index in [1.54, 1.807) is 18.2 Å². The van der Waals surface area contributed by atoms with E-state index >= 15 is 0 Å². The molecule has 2 heterocycles. The molecule has 0 spiro atoms. The molecule has 3 aliphatic rings. The number of likely N-dealkylation sites (tertiary alicyclic amines) is 1. The first kappa shape index (κ1) is 24.3. The third kappa shape index (κ3) is 4.60. The minimum absolute atomic E-state index is 0.0123. The molecule has 2 atom stereocenters. The Morgan fingerprint density at radius 1 is 1.00 bits per heavy atom. The third-order valence-corrected chi connectivity index (χ3v) is 8.81. The van der Waals surface area contributed by atoms with Gasteiger partial charge in [0.2, 0.25) is 5.91 Å². The number of amides is 1. The number of Topliss-reactive ketones (excluding diaryl/α,β-unsaturated/α-hetero) is 1. The first-order chi connectivity index (χ1) is 17.9. The molecule has 3 aromatic rings. The van der Waals surface area contributed by atoms with Gasteiger partial charge in [0, 0.05) is 42.0 Å². The highest BCUT2D eigenvalue weighted by Crippen LogP contribution is 2.41. The smallest absolute Gasteiger partial charge is 0.231 e. The largest absolute Gasteiger partial charge is 0.329 e. The normalized spacial score (nSPS) is 22.1. The van der Waals surface area contributed by atoms with Crippen molar-refractivity contribution < 1.29 is 18.5 Å². The number of carbonyl (C=O) groups excluding carboxylic acids is 2. The number of fused-ring (bicyclic) bond motifs is 2. The van der Waals surface area contributed by atoms with Gasteiger partial charge in [-0.1, -0.05) is 48.0 Å². The molecule has 190 valence electrons. The van der Waals surface area contributed by atoms with Crippen LogP contribution in [0.2, 0.25) is 5.02 Å². The van der Waals surface area contributed by atoms with Gasteiger partial charge in [0.05, 0.1) is 19.0 Å². The van der Waals surface area contributed by atoms with Crippen molar-refractivity contribution in [1.82, 2.24) is 4.90 Å². The summed E-state index contributed by atoms with van der Waals surface area (Å²) in [6.45, 7) is 4.35. The lowest BCUT2D eigenvalue weighted by Crippen LogP contribution is -2.53. The molecule has 0 saturated carbocycles. The molecule has 2 unspecified atom stereocenters. The topological polar surface area (TPSA) is 37.4 Å². The quantitative estimate of drug-likeness (QED) is 0.384. The van der Waals surface area contributed by atoms with E-state index in [-0.39, 0.29) is 30.0 Å². The van der Waals surface area contributed by atoms with Crippen LogP contribution in [0.1, 0.15) is 63.8 Å². The van der Waals surface area contributed by atoms with E-state index in [9.17, 15) is 14.0 Å². The van der Waals surface area contributed by atoms with E-state index < -0.39 is 5.92 Å². The van der Waals surface area contributed by atoms with Crippen LogP contribution in [0.15, 0.2) is 66.7 Å². The van der Waals surface area contributed by atoms with E-state index in [1.807, 2.05) is 17.0 Å². The number of halogens is 2. The molecular weight excluding hydrogens is 487 g/mol. The van der Waals surface area contributed by atoms with Gasteiger partial charge in [0.15, 0.2) is 5.78 Å². The standard InChI is InChI=1S/C31H31ClFN2O2/c32-23-9-12-26-27(17-23)28(18-30(26)36)31(37)34-14-13-22-5-1-2-6-25(22)29(34)20-35(15-3-4-16-35)19-21-7-10-24(33)11-8-21/h1-2,5-12,17,28-29H,3-4,13-16,18-20H2/q+1. The molecule has 0 bridgehead atoms. The molecule has 1 saturated heterocycles. The number of hydrogen-bond donors (Lipinski definition) is 0. The second-order valence-corrected chi connectivity index (χ2v) is 11.3. The lowest BCUT2D eigenvalue weighted by atomic mass is 9.89. The Morgan fingerprint density at radius 2 is 1.76 bits per heavy atom. The van der Waals surface area contributed by atoms with E-state index in [0.29, 0.717) is 17.1 Å². The van der Waals surface area contributed by atoms with Gasteiger partial charge in [-0.3, -0.25) is 9.59 Å². The number of nitrogens with zero attached hydrogens (tertiary/aromatic N) is 2. The van der Waals surface area contributed by atoms with E-state index in [0.717, 1.165) is 61.1 Å². The van der Waals surface area contributed by atoms with Crippen molar-refractivity contribution in [3.63, 3.8) is 0 Å². The van der Waals surface area contributed by atoms with Gasteiger partial charge in [0.25, 0.3) is 0 Å². The molecule has 0 radical (unpaired) electrons. The fourth-order valence-electron chi connectivity index (χ4n) is 6.77. The number of carbonyl (C=O) groups is 2. The molecule has 2 aliphatic heterocycles. The van der Waals surface area contributed by atoms with Crippen molar-refractivity contribution in [2.45, 2.75) is 44.2 Å². The third-order valence-electron chi connectivity index (χ3n) is 8.58. The number of hydrogen-bond acceptors (Lipinski definition) is 2. The highest BCUT2D eigenvalue weighted by molar-refractivity contribution is 6.31. The van der Waals surface area contributed by atoms with Crippen LogP contribution in [0.4, 0.5) is 4.39 Å². The minimum atomic E-state index is -0.488. The Hall–Kier alpha value is -3.02. The average molecular weight is 518 g/mol. The van der Waals surface area contributed by atoms with Crippen LogP contribution in [-0.4, -0.2) is 47.3 Å². The highest BCUT2D eigenvalue weighted by Gasteiger charge is 2.44. The summed E-state index contributed by atoms with van der Waals surface area (Å²) < 4.78 is 14.5. The van der Waals surface area contributed by atoms with Gasteiger partial charge in [-0.25, -0.2) is 4.39 Å². The molecule has 1 aliphatic carbocycles. The van der Waals surface area contributed by atoms with Crippen LogP contribution in [0.3, 0.4) is 0 Å². The SMILES string of the molecule is O=C1CC(C(=O)N2CCc3ccccc3C2C[N+]2(Cc3ccc(F)cc3)CCCC2)c2cc(Cl)ccc21. The Balaban J connectivity index is 1.35. The highest BCUT2D eigenvalue weighted by atomic mass is 35.5. The van der Waals surface area contributed by atoms with Crippen LogP contribution < -0.4 is 0 Å². The van der Waals surface area contributed by atoms with Crippen molar-refractivity contribution in [2.24, 2.45) is 0 Å². The monoisotopic (exact) mass is 517 g/mol. The first-order valence-corrected chi connectivity index (χ1v) is 13.6. The second kappa shape index (κ2) is 9.70. The van der Waals surface area contributed by atoms with E-state index in [4.69, 9.17) is 11.6 Å². The molecule has 6 rings (SSSR count). The van der Waals surface area contributed by atoms with Crippen molar-refractivity contribution in [1.29, 1.82) is 0 Å². The maximum Gasteiger partial charge on any atom is 0.231 e. The Labute approximate surface area is 222 Å². The summed E-state index contributed by atoms with van der Waals surface area (Å²) in [4.78, 5) is 29.0. The summed E-state index contributed by atoms with van der Waals surface area (Å²) in [7, 11) is 0. The van der Waals surface area contributed by atoms with Crippen molar-refractivity contribution in [3.8, 4) is 0 Å². The Kier molecular flexibility index (Phi) is 6.37. The van der Waals surface area contributed by atoms with E-state index in [2.05, 4.69) is 24.3 Å². The first-order valence-electron chi connectivity index (χ1n) is 13.2. The maximum atomic E-state index is 14.2. The fourth-order valence-corrected chi connectivity index (χ4v) is 6.95. The molecule has 1 fully saturated rings. The van der Waals surface area contributed by atoms with Gasteiger partial charge in [-0.05, 0) is 53.4 Å². The van der Waals surface area contributed by atoms with Crippen molar-refractivity contribution in [3.05, 3.63) is 105 Å². The summed E-state index contributed by atoms with van der Waals surface area (Å²) in [6, 6.07) is 20.5. The maximum absolute atomic E-state index is 14.2. The van der Waals surface area contributed by atoms with E-state index in [1.165, 1.54) is 23.3 Å². The number of rotatable bonds is 5. The summed E-state index contributed by atoms with van der Waals surface area (Å²) in [5.41, 5.74) is 5.01. The predicted molar refractivity (Wildman–Crippen MR) is 142 cm³/mol. The molecule has 1 amide bonds. The lowest BCUT2D eigenvalue weighted by Gasteiger charge is -2.44. The minimum Gasteiger partial charge on any atom is -0.329 e. The zero-order chi connectivity index (χ0) is 25.6. The fraction of sp³-hybridized carbons (Fsp3) is 0.355. The van der Waals surface area contributed by atoms with Crippen molar-refractivity contribution in [2.75, 3.05) is 26.2 Å². The average Bonchev–Trinajstić information content (AvgIpc) is 3.49. The van der Waals surface area contributed by atoms with Crippen LogP contribution in [0, 0.1) is 5.82 Å². The van der Waals surface area contributed by atoms with Gasteiger partial charge >= 0.3 is 0 Å². The zero-order valence-corrected chi connectivity index (χ0v) is 21.6.